The molecule has 1 heterocycles. The SMILES string of the molecule is FC(F)c1cc(Cl)c2ccccc2n1. The molecule has 2 aromatic rings. The van der Waals surface area contributed by atoms with Crippen molar-refractivity contribution in [3.05, 3.63) is 41.0 Å². The molecular weight excluding hydrogens is 208 g/mol. The molecule has 1 aromatic heterocycles. The summed E-state index contributed by atoms with van der Waals surface area (Å²) in [5.41, 5.74) is 0.212. The minimum Gasteiger partial charge on any atom is -0.247 e. The lowest BCUT2D eigenvalue weighted by Crippen LogP contribution is -1.91. The van der Waals surface area contributed by atoms with Gasteiger partial charge in [-0.1, -0.05) is 29.8 Å². The molecule has 0 unspecified atom stereocenters. The Morgan fingerprint density at radius 3 is 2.64 bits per heavy atom. The number of alkyl halides is 2. The standard InChI is InChI=1S/C10H6ClF2N/c11-7-5-9(10(12)13)14-8-4-2-1-3-6(7)8/h1-5,10H. The Labute approximate surface area is 84.3 Å². The molecule has 4 heteroatoms. The third-order valence-electron chi connectivity index (χ3n) is 1.91. The van der Waals surface area contributed by atoms with E-state index in [-0.39, 0.29) is 5.69 Å². The summed E-state index contributed by atoms with van der Waals surface area (Å²) >= 11 is 5.83. The molecule has 0 aliphatic carbocycles. The Hall–Kier alpha value is -1.22. The lowest BCUT2D eigenvalue weighted by molar-refractivity contribution is 0.146. The average molecular weight is 214 g/mol. The van der Waals surface area contributed by atoms with Crippen LogP contribution in [0.2, 0.25) is 5.02 Å². The van der Waals surface area contributed by atoms with Gasteiger partial charge >= 0.3 is 0 Å². The van der Waals surface area contributed by atoms with Gasteiger partial charge in [0.2, 0.25) is 0 Å². The van der Waals surface area contributed by atoms with E-state index in [9.17, 15) is 8.78 Å². The quantitative estimate of drug-likeness (QED) is 0.702. The van der Waals surface area contributed by atoms with Gasteiger partial charge in [-0.05, 0) is 12.1 Å². The van der Waals surface area contributed by atoms with Gasteiger partial charge in [0, 0.05) is 5.39 Å². The van der Waals surface area contributed by atoms with Crippen LogP contribution < -0.4 is 0 Å². The smallest absolute Gasteiger partial charge is 0.247 e. The predicted molar refractivity (Wildman–Crippen MR) is 51.7 cm³/mol. The van der Waals surface area contributed by atoms with Crippen molar-refractivity contribution < 1.29 is 8.78 Å². The molecule has 1 nitrogen and oxygen atoms in total. The normalized spacial score (nSPS) is 11.1. The zero-order chi connectivity index (χ0) is 10.1. The van der Waals surface area contributed by atoms with Gasteiger partial charge in [-0.3, -0.25) is 0 Å². The van der Waals surface area contributed by atoms with Crippen LogP contribution in [-0.4, -0.2) is 4.98 Å². The van der Waals surface area contributed by atoms with Crippen molar-refractivity contribution in [2.24, 2.45) is 0 Å². The molecule has 0 aliphatic rings. The number of para-hydroxylation sites is 1. The Bertz CT molecular complexity index is 471. The van der Waals surface area contributed by atoms with Crippen LogP contribution in [0.5, 0.6) is 0 Å². The summed E-state index contributed by atoms with van der Waals surface area (Å²) < 4.78 is 24.7. The summed E-state index contributed by atoms with van der Waals surface area (Å²) in [6.07, 6.45) is -2.59. The van der Waals surface area contributed by atoms with E-state index in [1.165, 1.54) is 6.07 Å². The summed E-state index contributed by atoms with van der Waals surface area (Å²) in [4.78, 5) is 3.80. The van der Waals surface area contributed by atoms with Crippen LogP contribution in [0.25, 0.3) is 10.9 Å². The molecule has 0 saturated carbocycles. The molecule has 0 radical (unpaired) electrons. The summed E-state index contributed by atoms with van der Waals surface area (Å²) in [6.45, 7) is 0. The van der Waals surface area contributed by atoms with Crippen LogP contribution in [0.15, 0.2) is 30.3 Å². The van der Waals surface area contributed by atoms with Crippen LogP contribution in [-0.2, 0) is 0 Å². The van der Waals surface area contributed by atoms with Crippen LogP contribution in [0.1, 0.15) is 12.1 Å². The maximum absolute atomic E-state index is 12.4. The van der Waals surface area contributed by atoms with Gasteiger partial charge in [-0.2, -0.15) is 0 Å². The summed E-state index contributed by atoms with van der Waals surface area (Å²) in [5.74, 6) is 0. The zero-order valence-electron chi connectivity index (χ0n) is 7.05. The topological polar surface area (TPSA) is 12.9 Å². The summed E-state index contributed by atoms with van der Waals surface area (Å²) in [7, 11) is 0. The first-order valence-electron chi connectivity index (χ1n) is 4.02. The first kappa shape index (κ1) is 9.34. The lowest BCUT2D eigenvalue weighted by Gasteiger charge is -2.03. The highest BCUT2D eigenvalue weighted by Crippen LogP contribution is 2.26. The maximum atomic E-state index is 12.4. The van der Waals surface area contributed by atoms with Gasteiger partial charge in [-0.25, -0.2) is 13.8 Å². The molecule has 14 heavy (non-hydrogen) atoms. The minimum atomic E-state index is -2.59. The highest BCUT2D eigenvalue weighted by molar-refractivity contribution is 6.35. The van der Waals surface area contributed by atoms with Crippen LogP contribution in [0.3, 0.4) is 0 Å². The van der Waals surface area contributed by atoms with E-state index in [1.807, 2.05) is 0 Å². The van der Waals surface area contributed by atoms with Crippen molar-refractivity contribution in [1.29, 1.82) is 0 Å². The van der Waals surface area contributed by atoms with Crippen molar-refractivity contribution >= 4 is 22.5 Å². The number of nitrogens with zero attached hydrogens (tertiary/aromatic N) is 1. The molecule has 0 amide bonds. The highest BCUT2D eigenvalue weighted by Gasteiger charge is 2.11. The number of hydrogen-bond donors (Lipinski definition) is 0. The second-order valence-electron chi connectivity index (χ2n) is 2.85. The first-order chi connectivity index (χ1) is 6.68. The number of benzene rings is 1. The Morgan fingerprint density at radius 1 is 1.21 bits per heavy atom. The van der Waals surface area contributed by atoms with Crippen molar-refractivity contribution in [3.63, 3.8) is 0 Å². The van der Waals surface area contributed by atoms with E-state index in [1.54, 1.807) is 24.3 Å². The van der Waals surface area contributed by atoms with E-state index >= 15 is 0 Å². The predicted octanol–water partition coefficient (Wildman–Crippen LogP) is 3.83. The molecule has 0 saturated heterocycles. The molecular formula is C10H6ClF2N. The Morgan fingerprint density at radius 2 is 1.93 bits per heavy atom. The van der Waals surface area contributed by atoms with Gasteiger partial charge in [0.15, 0.2) is 0 Å². The van der Waals surface area contributed by atoms with Crippen molar-refractivity contribution in [2.45, 2.75) is 6.43 Å². The maximum Gasteiger partial charge on any atom is 0.280 e. The Balaban J connectivity index is 2.72. The number of aromatic nitrogens is 1. The number of pyridine rings is 1. The Kier molecular flexibility index (Phi) is 2.33. The summed E-state index contributed by atoms with van der Waals surface area (Å²) in [6, 6.07) is 8.14. The minimum absolute atomic E-state index is 0.284. The van der Waals surface area contributed by atoms with E-state index in [0.29, 0.717) is 15.9 Å². The molecule has 0 atom stereocenters. The van der Waals surface area contributed by atoms with Crippen LogP contribution in [0.4, 0.5) is 8.78 Å². The fraction of sp³-hybridized carbons (Fsp3) is 0.100. The van der Waals surface area contributed by atoms with Crippen LogP contribution >= 0.6 is 11.6 Å². The monoisotopic (exact) mass is 213 g/mol. The van der Waals surface area contributed by atoms with Gasteiger partial charge in [0.1, 0.15) is 5.69 Å². The number of rotatable bonds is 1. The molecule has 1 aromatic carbocycles. The second-order valence-corrected chi connectivity index (χ2v) is 3.25. The second kappa shape index (κ2) is 3.50. The van der Waals surface area contributed by atoms with Gasteiger partial charge < -0.3 is 0 Å². The number of fused-ring (bicyclic) bond motifs is 1. The number of hydrogen-bond acceptors (Lipinski definition) is 1. The fourth-order valence-electron chi connectivity index (χ4n) is 1.26. The van der Waals surface area contributed by atoms with Crippen LogP contribution in [0, 0.1) is 0 Å². The first-order valence-corrected chi connectivity index (χ1v) is 4.39. The third-order valence-corrected chi connectivity index (χ3v) is 2.22. The fourth-order valence-corrected chi connectivity index (χ4v) is 1.54. The van der Waals surface area contributed by atoms with Crippen molar-refractivity contribution in [2.75, 3.05) is 0 Å². The largest absolute Gasteiger partial charge is 0.280 e. The van der Waals surface area contributed by atoms with Crippen molar-refractivity contribution in [3.8, 4) is 0 Å². The van der Waals surface area contributed by atoms with E-state index in [4.69, 9.17) is 11.6 Å². The van der Waals surface area contributed by atoms with E-state index in [2.05, 4.69) is 4.98 Å². The molecule has 0 fully saturated rings. The van der Waals surface area contributed by atoms with Gasteiger partial charge in [0.25, 0.3) is 6.43 Å². The van der Waals surface area contributed by atoms with E-state index in [0.717, 1.165) is 0 Å². The molecule has 0 bridgehead atoms. The highest BCUT2D eigenvalue weighted by atomic mass is 35.5. The molecule has 0 N–H and O–H groups in total. The van der Waals surface area contributed by atoms with E-state index < -0.39 is 6.43 Å². The van der Waals surface area contributed by atoms with Crippen molar-refractivity contribution in [1.82, 2.24) is 4.98 Å². The number of halogens is 3. The summed E-state index contributed by atoms with van der Waals surface area (Å²) in [5, 5.41) is 1.00. The third kappa shape index (κ3) is 1.55. The zero-order valence-corrected chi connectivity index (χ0v) is 7.80. The molecule has 0 spiro atoms. The average Bonchev–Trinajstić information content (AvgIpc) is 2.17. The molecule has 72 valence electrons. The lowest BCUT2D eigenvalue weighted by atomic mass is 10.2. The van der Waals surface area contributed by atoms with Gasteiger partial charge in [-0.15, -0.1) is 0 Å². The molecule has 2 rings (SSSR count). The van der Waals surface area contributed by atoms with Gasteiger partial charge in [0.05, 0.1) is 10.5 Å². The molecule has 0 aliphatic heterocycles.